The summed E-state index contributed by atoms with van der Waals surface area (Å²) < 4.78 is 9.50. The van der Waals surface area contributed by atoms with Crippen molar-refractivity contribution in [1.29, 1.82) is 0 Å². The molecule has 0 saturated heterocycles. The Morgan fingerprint density at radius 3 is 2.82 bits per heavy atom. The predicted molar refractivity (Wildman–Crippen MR) is 62.3 cm³/mol. The topological polar surface area (TPSA) is 75.5 Å². The third kappa shape index (κ3) is 2.08. The van der Waals surface area contributed by atoms with Crippen molar-refractivity contribution in [2.45, 2.75) is 0 Å². The molecule has 0 unspecified atom stereocenters. The molecule has 2 N–H and O–H groups in total. The zero-order chi connectivity index (χ0) is 12.4. The van der Waals surface area contributed by atoms with E-state index in [0.717, 1.165) is 0 Å². The zero-order valence-electron chi connectivity index (χ0n) is 9.19. The number of hydrogen-bond acceptors (Lipinski definition) is 4. The second-order valence-electron chi connectivity index (χ2n) is 3.46. The Hall–Kier alpha value is -2.43. The summed E-state index contributed by atoms with van der Waals surface area (Å²) in [6.45, 7) is 3.63. The first-order chi connectivity index (χ1) is 8.11. The number of aromatic amines is 1. The Kier molecular flexibility index (Phi) is 2.74. The number of benzene rings is 1. The molecule has 0 fully saturated rings. The van der Waals surface area contributed by atoms with E-state index in [1.54, 1.807) is 18.2 Å². The minimum absolute atomic E-state index is 0.00628. The summed E-state index contributed by atoms with van der Waals surface area (Å²) in [4.78, 5) is 11.3. The maximum Gasteiger partial charge on any atom is 0.365 e. The third-order valence-corrected chi connectivity index (χ3v) is 2.33. The van der Waals surface area contributed by atoms with E-state index in [1.807, 2.05) is 0 Å². The number of ether oxygens (including phenoxy) is 1. The number of hydrogen-bond donors (Lipinski definition) is 2. The van der Waals surface area contributed by atoms with Gasteiger partial charge in [0.2, 0.25) is 0 Å². The Balaban J connectivity index is 2.58. The molecule has 17 heavy (non-hydrogen) atoms. The van der Waals surface area contributed by atoms with Gasteiger partial charge in [-0.1, -0.05) is 12.6 Å². The van der Waals surface area contributed by atoms with Crippen LogP contribution in [0.15, 0.2) is 27.5 Å². The number of phenolic OH excluding ortho intramolecular Hbond substituents is 1. The van der Waals surface area contributed by atoms with Gasteiger partial charge in [0, 0.05) is 0 Å². The van der Waals surface area contributed by atoms with Gasteiger partial charge in [0.25, 0.3) is 0 Å². The van der Waals surface area contributed by atoms with E-state index in [1.165, 1.54) is 13.2 Å². The third-order valence-electron chi connectivity index (χ3n) is 2.33. The molecule has 0 aliphatic heterocycles. The van der Waals surface area contributed by atoms with Gasteiger partial charge in [-0.2, -0.15) is 0 Å². The van der Waals surface area contributed by atoms with Gasteiger partial charge in [0.1, 0.15) is 0 Å². The largest absolute Gasteiger partial charge is 0.504 e. The Bertz CT molecular complexity index is 666. The van der Waals surface area contributed by atoms with E-state index in [4.69, 9.17) is 4.74 Å². The molecule has 0 radical (unpaired) electrons. The fourth-order valence-electron chi connectivity index (χ4n) is 1.45. The van der Waals surface area contributed by atoms with Gasteiger partial charge in [0.05, 0.1) is 17.7 Å². The molecule has 1 aromatic heterocycles. The molecule has 0 bridgehead atoms. The molecule has 0 aliphatic rings. The standard InChI is InChI=1S/C12H11NO4/c1-7-9(12(15)17-13-7)5-8-3-4-11(16-2)10(14)6-8/h3-6,13-14H,1H2,2H3/b9-5+. The van der Waals surface area contributed by atoms with Crippen LogP contribution in [-0.2, 0) is 0 Å². The van der Waals surface area contributed by atoms with Gasteiger partial charge >= 0.3 is 5.63 Å². The Morgan fingerprint density at radius 2 is 2.29 bits per heavy atom. The van der Waals surface area contributed by atoms with Crippen LogP contribution in [0.4, 0.5) is 0 Å². The number of nitrogens with one attached hydrogen (secondary N) is 1. The number of H-pyrrole nitrogens is 1. The second-order valence-corrected chi connectivity index (χ2v) is 3.46. The fourth-order valence-corrected chi connectivity index (χ4v) is 1.45. The number of phenols is 1. The van der Waals surface area contributed by atoms with Crippen molar-refractivity contribution in [2.75, 3.05) is 7.11 Å². The molecule has 2 aromatic rings. The number of methoxy groups -OCH3 is 1. The van der Waals surface area contributed by atoms with Crippen molar-refractivity contribution in [3.63, 3.8) is 0 Å². The molecule has 0 atom stereocenters. The predicted octanol–water partition coefficient (Wildman–Crippen LogP) is -0.0788. The first kappa shape index (κ1) is 11.1. The van der Waals surface area contributed by atoms with Crippen molar-refractivity contribution in [1.82, 2.24) is 5.16 Å². The van der Waals surface area contributed by atoms with Crippen LogP contribution >= 0.6 is 0 Å². The highest BCUT2D eigenvalue weighted by molar-refractivity contribution is 5.55. The number of rotatable bonds is 2. The maximum absolute atomic E-state index is 11.3. The van der Waals surface area contributed by atoms with Gasteiger partial charge in [0.15, 0.2) is 11.5 Å². The number of aromatic nitrogens is 1. The lowest BCUT2D eigenvalue weighted by Gasteiger charge is -2.02. The summed E-state index contributed by atoms with van der Waals surface area (Å²) in [7, 11) is 1.47. The average Bonchev–Trinajstić information content (AvgIpc) is 2.61. The van der Waals surface area contributed by atoms with E-state index in [9.17, 15) is 9.90 Å². The quantitative estimate of drug-likeness (QED) is 0.760. The van der Waals surface area contributed by atoms with E-state index < -0.39 is 5.63 Å². The van der Waals surface area contributed by atoms with Crippen LogP contribution < -0.4 is 20.9 Å². The normalized spacial score (nSPS) is 11.7. The molecular formula is C12H11NO4. The van der Waals surface area contributed by atoms with Gasteiger partial charge in [-0.3, -0.25) is 0 Å². The molecule has 2 rings (SSSR count). The molecular weight excluding hydrogens is 222 g/mol. The molecule has 0 amide bonds. The lowest BCUT2D eigenvalue weighted by Crippen LogP contribution is -2.31. The van der Waals surface area contributed by atoms with Gasteiger partial charge < -0.3 is 14.4 Å². The molecule has 88 valence electrons. The number of aromatic hydroxyl groups is 1. The fraction of sp³-hybridized carbons (Fsp3) is 0.0833. The van der Waals surface area contributed by atoms with Crippen LogP contribution in [0.3, 0.4) is 0 Å². The van der Waals surface area contributed by atoms with Crippen molar-refractivity contribution < 1.29 is 14.4 Å². The molecule has 0 aliphatic carbocycles. The van der Waals surface area contributed by atoms with Crippen LogP contribution in [0.1, 0.15) is 5.56 Å². The highest BCUT2D eigenvalue weighted by Crippen LogP contribution is 2.26. The van der Waals surface area contributed by atoms with Crippen molar-refractivity contribution in [3.05, 3.63) is 44.8 Å². The molecule has 5 heteroatoms. The van der Waals surface area contributed by atoms with Crippen molar-refractivity contribution in [3.8, 4) is 11.5 Å². The van der Waals surface area contributed by atoms with E-state index in [0.29, 0.717) is 21.9 Å². The van der Waals surface area contributed by atoms with Crippen LogP contribution in [-0.4, -0.2) is 17.4 Å². The SMILES string of the molecule is C=c1[nH]oc(=O)/c1=C/c1ccc(OC)c(O)c1. The first-order valence-electron chi connectivity index (χ1n) is 4.87. The first-order valence-corrected chi connectivity index (χ1v) is 4.87. The van der Waals surface area contributed by atoms with Crippen LogP contribution in [0.5, 0.6) is 11.5 Å². The Labute approximate surface area is 96.2 Å². The van der Waals surface area contributed by atoms with Crippen LogP contribution in [0.2, 0.25) is 0 Å². The van der Waals surface area contributed by atoms with Crippen molar-refractivity contribution >= 4 is 12.7 Å². The highest BCUT2D eigenvalue weighted by Gasteiger charge is 2.02. The van der Waals surface area contributed by atoms with Gasteiger partial charge in [-0.15, -0.1) is 0 Å². The minimum atomic E-state index is -0.495. The lowest BCUT2D eigenvalue weighted by molar-refractivity contribution is 0.373. The van der Waals surface area contributed by atoms with Crippen LogP contribution in [0, 0.1) is 0 Å². The van der Waals surface area contributed by atoms with E-state index in [-0.39, 0.29) is 5.75 Å². The molecule has 5 nitrogen and oxygen atoms in total. The molecule has 1 heterocycles. The van der Waals surface area contributed by atoms with Gasteiger partial charge in [-0.05, 0) is 23.8 Å². The molecule has 1 aromatic carbocycles. The maximum atomic E-state index is 11.3. The molecule has 0 saturated carbocycles. The summed E-state index contributed by atoms with van der Waals surface area (Å²) in [6, 6.07) is 4.81. The molecule has 0 spiro atoms. The minimum Gasteiger partial charge on any atom is -0.504 e. The van der Waals surface area contributed by atoms with Crippen molar-refractivity contribution in [2.24, 2.45) is 0 Å². The average molecular weight is 233 g/mol. The monoisotopic (exact) mass is 233 g/mol. The van der Waals surface area contributed by atoms with E-state index in [2.05, 4.69) is 16.3 Å². The lowest BCUT2D eigenvalue weighted by atomic mass is 10.1. The highest BCUT2D eigenvalue weighted by atomic mass is 16.5. The zero-order valence-corrected chi connectivity index (χ0v) is 9.19. The Morgan fingerprint density at radius 1 is 1.53 bits per heavy atom. The summed E-state index contributed by atoms with van der Waals surface area (Å²) >= 11 is 0. The summed E-state index contributed by atoms with van der Waals surface area (Å²) in [5.74, 6) is 0.380. The second kappa shape index (κ2) is 4.21. The van der Waals surface area contributed by atoms with Crippen LogP contribution in [0.25, 0.3) is 12.7 Å². The smallest absolute Gasteiger partial charge is 0.365 e. The van der Waals surface area contributed by atoms with E-state index >= 15 is 0 Å². The summed E-state index contributed by atoms with van der Waals surface area (Å²) in [5, 5.41) is 12.7. The summed E-state index contributed by atoms with van der Waals surface area (Å²) in [6.07, 6.45) is 1.57. The summed E-state index contributed by atoms with van der Waals surface area (Å²) in [5.41, 5.74) is 0.158. The van der Waals surface area contributed by atoms with Gasteiger partial charge in [-0.25, -0.2) is 9.95 Å².